The third-order valence-electron chi connectivity index (χ3n) is 4.35. The van der Waals surface area contributed by atoms with Gasteiger partial charge in [-0.25, -0.2) is 0 Å². The van der Waals surface area contributed by atoms with Crippen LogP contribution in [0.2, 0.25) is 5.02 Å². The predicted molar refractivity (Wildman–Crippen MR) is 83.8 cm³/mol. The van der Waals surface area contributed by atoms with Gasteiger partial charge in [-0.15, -0.1) is 0 Å². The van der Waals surface area contributed by atoms with Crippen molar-refractivity contribution in [1.82, 2.24) is 5.43 Å². The van der Waals surface area contributed by atoms with E-state index in [1.54, 1.807) is 0 Å². The van der Waals surface area contributed by atoms with E-state index in [4.69, 9.17) is 22.2 Å². The Labute approximate surface area is 126 Å². The largest absolute Gasteiger partial charge is 0.374 e. The molecule has 0 radical (unpaired) electrons. The van der Waals surface area contributed by atoms with Crippen LogP contribution in [0.1, 0.15) is 43.7 Å². The maximum atomic E-state index is 6.35. The van der Waals surface area contributed by atoms with Gasteiger partial charge < -0.3 is 4.74 Å². The lowest BCUT2D eigenvalue weighted by molar-refractivity contribution is -0.0613. The summed E-state index contributed by atoms with van der Waals surface area (Å²) in [5.74, 6) is 5.82. The first-order valence-corrected chi connectivity index (χ1v) is 7.84. The van der Waals surface area contributed by atoms with Crippen molar-refractivity contribution in [1.29, 1.82) is 0 Å². The normalized spacial score (nSPS) is 19.2. The van der Waals surface area contributed by atoms with Gasteiger partial charge in [0.15, 0.2) is 0 Å². The van der Waals surface area contributed by atoms with Crippen molar-refractivity contribution < 1.29 is 4.74 Å². The Morgan fingerprint density at radius 1 is 1.40 bits per heavy atom. The number of halogens is 1. The van der Waals surface area contributed by atoms with E-state index >= 15 is 0 Å². The van der Waals surface area contributed by atoms with E-state index in [0.717, 1.165) is 36.5 Å². The first kappa shape index (κ1) is 15.8. The van der Waals surface area contributed by atoms with E-state index in [0.29, 0.717) is 0 Å². The molecule has 1 fully saturated rings. The summed E-state index contributed by atoms with van der Waals surface area (Å²) in [6.45, 7) is 4.82. The Morgan fingerprint density at radius 2 is 2.10 bits per heavy atom. The van der Waals surface area contributed by atoms with Crippen LogP contribution in [0, 0.1) is 6.92 Å². The number of aryl methyl sites for hydroxylation is 1. The quantitative estimate of drug-likeness (QED) is 0.625. The summed E-state index contributed by atoms with van der Waals surface area (Å²) < 4.78 is 6.09. The van der Waals surface area contributed by atoms with Crippen LogP contribution in [0.5, 0.6) is 0 Å². The summed E-state index contributed by atoms with van der Waals surface area (Å²) in [5.41, 5.74) is 5.14. The molecule has 112 valence electrons. The van der Waals surface area contributed by atoms with Crippen LogP contribution in [0.4, 0.5) is 0 Å². The lowest BCUT2D eigenvalue weighted by atomic mass is 9.87. The van der Waals surface area contributed by atoms with Gasteiger partial charge in [0.25, 0.3) is 0 Å². The standard InChI is InChI=1S/C16H25ClN2O/c1-3-20-16(8-4-5-9-16)15(19-18)11-13-7-6-12(2)10-14(13)17/h6-7,10,15,19H,3-5,8-9,11,18H2,1-2H3. The minimum Gasteiger partial charge on any atom is -0.374 e. The molecule has 0 aliphatic heterocycles. The molecule has 1 saturated carbocycles. The summed E-state index contributed by atoms with van der Waals surface area (Å²) >= 11 is 6.35. The van der Waals surface area contributed by atoms with Gasteiger partial charge >= 0.3 is 0 Å². The van der Waals surface area contributed by atoms with E-state index in [9.17, 15) is 0 Å². The first-order chi connectivity index (χ1) is 9.61. The third-order valence-corrected chi connectivity index (χ3v) is 4.70. The SMILES string of the molecule is CCOC1(C(Cc2ccc(C)cc2Cl)NN)CCCC1. The molecule has 2 rings (SSSR count). The zero-order valence-electron chi connectivity index (χ0n) is 12.4. The minimum absolute atomic E-state index is 0.102. The molecule has 0 saturated heterocycles. The highest BCUT2D eigenvalue weighted by molar-refractivity contribution is 6.31. The van der Waals surface area contributed by atoms with E-state index in [1.807, 2.05) is 19.9 Å². The van der Waals surface area contributed by atoms with Crippen LogP contribution < -0.4 is 11.3 Å². The monoisotopic (exact) mass is 296 g/mol. The van der Waals surface area contributed by atoms with Crippen LogP contribution in [0.25, 0.3) is 0 Å². The molecule has 1 aliphatic rings. The summed E-state index contributed by atoms with van der Waals surface area (Å²) in [6.07, 6.45) is 5.35. The van der Waals surface area contributed by atoms with Gasteiger partial charge in [-0.05, 0) is 50.3 Å². The molecular formula is C16H25ClN2O. The first-order valence-electron chi connectivity index (χ1n) is 7.46. The van der Waals surface area contributed by atoms with E-state index < -0.39 is 0 Å². The summed E-state index contributed by atoms with van der Waals surface area (Å²) in [5, 5.41) is 0.815. The highest BCUT2D eigenvalue weighted by Crippen LogP contribution is 2.37. The maximum absolute atomic E-state index is 6.35. The fourth-order valence-corrected chi connectivity index (χ4v) is 3.60. The molecule has 1 aromatic carbocycles. The average molecular weight is 297 g/mol. The van der Waals surface area contributed by atoms with Gasteiger partial charge in [0.1, 0.15) is 0 Å². The van der Waals surface area contributed by atoms with Crippen molar-refractivity contribution in [3.05, 3.63) is 34.3 Å². The number of hydrogen-bond acceptors (Lipinski definition) is 3. The minimum atomic E-state index is -0.141. The van der Waals surface area contributed by atoms with E-state index in [2.05, 4.69) is 17.6 Å². The predicted octanol–water partition coefficient (Wildman–Crippen LogP) is 3.37. The molecular weight excluding hydrogens is 272 g/mol. The molecule has 0 amide bonds. The van der Waals surface area contributed by atoms with Gasteiger partial charge in [-0.2, -0.15) is 0 Å². The van der Waals surface area contributed by atoms with Crippen LogP contribution in [0.15, 0.2) is 18.2 Å². The van der Waals surface area contributed by atoms with Crippen molar-refractivity contribution in [2.45, 2.75) is 57.6 Å². The second kappa shape index (κ2) is 6.90. The third kappa shape index (κ3) is 3.34. The summed E-state index contributed by atoms with van der Waals surface area (Å²) in [6, 6.07) is 6.30. The van der Waals surface area contributed by atoms with Crippen LogP contribution >= 0.6 is 11.6 Å². The zero-order valence-corrected chi connectivity index (χ0v) is 13.2. The number of hydrazine groups is 1. The molecule has 20 heavy (non-hydrogen) atoms. The van der Waals surface area contributed by atoms with Crippen molar-refractivity contribution >= 4 is 11.6 Å². The second-order valence-corrected chi connectivity index (χ2v) is 6.13. The molecule has 0 aromatic heterocycles. The van der Waals surface area contributed by atoms with Gasteiger partial charge in [-0.1, -0.05) is 36.6 Å². The maximum Gasteiger partial charge on any atom is 0.0851 e. The van der Waals surface area contributed by atoms with Crippen molar-refractivity contribution in [2.24, 2.45) is 5.84 Å². The molecule has 0 heterocycles. The van der Waals surface area contributed by atoms with E-state index in [1.165, 1.54) is 18.4 Å². The number of hydrogen-bond donors (Lipinski definition) is 2. The highest BCUT2D eigenvalue weighted by Gasteiger charge is 2.41. The Morgan fingerprint density at radius 3 is 2.65 bits per heavy atom. The fourth-order valence-electron chi connectivity index (χ4n) is 3.29. The Kier molecular flexibility index (Phi) is 5.44. The Hall–Kier alpha value is -0.610. The lowest BCUT2D eigenvalue weighted by Gasteiger charge is -2.37. The zero-order chi connectivity index (χ0) is 14.6. The van der Waals surface area contributed by atoms with Crippen molar-refractivity contribution in [2.75, 3.05) is 6.61 Å². The summed E-state index contributed by atoms with van der Waals surface area (Å²) in [4.78, 5) is 0. The molecule has 1 aliphatic carbocycles. The van der Waals surface area contributed by atoms with E-state index in [-0.39, 0.29) is 11.6 Å². The van der Waals surface area contributed by atoms with Gasteiger partial charge in [0, 0.05) is 11.6 Å². The molecule has 1 atom stereocenters. The smallest absolute Gasteiger partial charge is 0.0851 e. The molecule has 3 N–H and O–H groups in total. The molecule has 0 spiro atoms. The molecule has 0 bridgehead atoms. The fraction of sp³-hybridized carbons (Fsp3) is 0.625. The van der Waals surface area contributed by atoms with Crippen LogP contribution in [0.3, 0.4) is 0 Å². The topological polar surface area (TPSA) is 47.3 Å². The number of nitrogens with one attached hydrogen (secondary N) is 1. The van der Waals surface area contributed by atoms with Crippen molar-refractivity contribution in [3.63, 3.8) is 0 Å². The Bertz CT molecular complexity index is 444. The molecule has 4 heteroatoms. The Balaban J connectivity index is 2.18. The van der Waals surface area contributed by atoms with Gasteiger partial charge in [-0.3, -0.25) is 11.3 Å². The number of benzene rings is 1. The number of nitrogens with two attached hydrogens (primary N) is 1. The van der Waals surface area contributed by atoms with Crippen LogP contribution in [-0.2, 0) is 11.2 Å². The summed E-state index contributed by atoms with van der Waals surface area (Å²) in [7, 11) is 0. The molecule has 1 unspecified atom stereocenters. The number of rotatable bonds is 6. The average Bonchev–Trinajstić information content (AvgIpc) is 2.88. The van der Waals surface area contributed by atoms with Crippen molar-refractivity contribution in [3.8, 4) is 0 Å². The highest BCUT2D eigenvalue weighted by atomic mass is 35.5. The van der Waals surface area contributed by atoms with Gasteiger partial charge in [0.2, 0.25) is 0 Å². The lowest BCUT2D eigenvalue weighted by Crippen LogP contribution is -2.54. The molecule has 1 aromatic rings. The van der Waals surface area contributed by atoms with Gasteiger partial charge in [0.05, 0.1) is 11.6 Å². The second-order valence-electron chi connectivity index (χ2n) is 5.72. The van der Waals surface area contributed by atoms with Crippen LogP contribution in [-0.4, -0.2) is 18.2 Å². The molecule has 3 nitrogen and oxygen atoms in total. The number of ether oxygens (including phenoxy) is 1.